The van der Waals surface area contributed by atoms with Crippen LogP contribution < -0.4 is 10.0 Å². The maximum Gasteiger partial charge on any atom is 0.262 e. The first-order valence-electron chi connectivity index (χ1n) is 12.1. The number of benzene rings is 3. The number of nitrogens with zero attached hydrogens (tertiary/aromatic N) is 1. The fourth-order valence-corrected chi connectivity index (χ4v) is 5.83. The van der Waals surface area contributed by atoms with E-state index in [0.717, 1.165) is 30.4 Å². The Bertz CT molecular complexity index is 1390. The molecule has 1 saturated heterocycles. The summed E-state index contributed by atoms with van der Waals surface area (Å²) in [5.41, 5.74) is 3.86. The monoisotopic (exact) mass is 505 g/mol. The maximum absolute atomic E-state index is 13.2. The Balaban J connectivity index is 1.58. The van der Waals surface area contributed by atoms with Crippen molar-refractivity contribution < 1.29 is 18.0 Å². The molecule has 1 heterocycles. The van der Waals surface area contributed by atoms with E-state index in [4.69, 9.17) is 0 Å². The molecule has 0 unspecified atom stereocenters. The number of hydrogen-bond donors (Lipinski definition) is 2. The SMILES string of the molecule is Cc1cc(C)cc(NS(=O)(=O)c2cc(C(=O)Nc3ccccc3C(=O)N3CCCCC3)ccc2C)c1. The molecule has 2 amide bonds. The molecule has 188 valence electrons. The molecule has 36 heavy (non-hydrogen) atoms. The lowest BCUT2D eigenvalue weighted by Gasteiger charge is -2.27. The molecule has 0 aromatic heterocycles. The van der Waals surface area contributed by atoms with E-state index in [1.54, 1.807) is 55.5 Å². The third-order valence-electron chi connectivity index (χ3n) is 6.26. The molecule has 2 N–H and O–H groups in total. The normalized spacial score (nSPS) is 13.8. The summed E-state index contributed by atoms with van der Waals surface area (Å²) >= 11 is 0. The second-order valence-corrected chi connectivity index (χ2v) is 11.0. The van der Waals surface area contributed by atoms with Gasteiger partial charge in [0.15, 0.2) is 0 Å². The van der Waals surface area contributed by atoms with E-state index in [1.165, 1.54) is 6.07 Å². The molecule has 3 aromatic carbocycles. The lowest BCUT2D eigenvalue weighted by atomic mass is 10.1. The van der Waals surface area contributed by atoms with E-state index < -0.39 is 15.9 Å². The standard InChI is InChI=1S/C28H31N3O4S/c1-19-15-20(2)17-23(16-19)30-36(34,35)26-18-22(12-11-21(26)3)27(32)29-25-10-6-5-9-24(25)28(33)31-13-7-4-8-14-31/h5-6,9-12,15-18,30H,4,7-8,13-14H2,1-3H3,(H,29,32). The maximum atomic E-state index is 13.2. The van der Waals surface area contributed by atoms with E-state index in [9.17, 15) is 18.0 Å². The Labute approximate surface area is 212 Å². The van der Waals surface area contributed by atoms with Gasteiger partial charge in [0.25, 0.3) is 21.8 Å². The molecule has 0 aliphatic carbocycles. The summed E-state index contributed by atoms with van der Waals surface area (Å²) in [7, 11) is -3.93. The number of piperidine rings is 1. The van der Waals surface area contributed by atoms with Crippen LogP contribution in [0.2, 0.25) is 0 Å². The third kappa shape index (κ3) is 5.76. The first-order chi connectivity index (χ1) is 17.1. The number of likely N-dealkylation sites (tertiary alicyclic amines) is 1. The van der Waals surface area contributed by atoms with Gasteiger partial charge in [-0.15, -0.1) is 0 Å². The second-order valence-electron chi connectivity index (χ2n) is 9.31. The molecule has 1 fully saturated rings. The fourth-order valence-electron chi connectivity index (χ4n) is 4.52. The van der Waals surface area contributed by atoms with Gasteiger partial charge in [-0.1, -0.05) is 24.3 Å². The van der Waals surface area contributed by atoms with Crippen LogP contribution in [0.4, 0.5) is 11.4 Å². The molecular weight excluding hydrogens is 474 g/mol. The van der Waals surface area contributed by atoms with E-state index in [2.05, 4.69) is 10.0 Å². The highest BCUT2D eigenvalue weighted by molar-refractivity contribution is 7.92. The fraction of sp³-hybridized carbons (Fsp3) is 0.286. The van der Waals surface area contributed by atoms with Crippen LogP contribution in [0.5, 0.6) is 0 Å². The minimum absolute atomic E-state index is 0.0204. The Hall–Kier alpha value is -3.65. The van der Waals surface area contributed by atoms with Crippen molar-refractivity contribution in [3.63, 3.8) is 0 Å². The van der Waals surface area contributed by atoms with Crippen LogP contribution in [0, 0.1) is 20.8 Å². The number of rotatable bonds is 6. The van der Waals surface area contributed by atoms with Crippen molar-refractivity contribution >= 4 is 33.2 Å². The van der Waals surface area contributed by atoms with Gasteiger partial charge in [0.05, 0.1) is 16.1 Å². The van der Waals surface area contributed by atoms with Crippen LogP contribution in [0.15, 0.2) is 65.6 Å². The summed E-state index contributed by atoms with van der Waals surface area (Å²) in [6.45, 7) is 6.88. The molecule has 3 aromatic rings. The molecule has 1 aliphatic heterocycles. The largest absolute Gasteiger partial charge is 0.339 e. The number of sulfonamides is 1. The number of amides is 2. The Morgan fingerprint density at radius 1 is 0.833 bits per heavy atom. The van der Waals surface area contributed by atoms with Crippen LogP contribution in [-0.4, -0.2) is 38.2 Å². The highest BCUT2D eigenvalue weighted by atomic mass is 32.2. The third-order valence-corrected chi connectivity index (χ3v) is 7.79. The minimum Gasteiger partial charge on any atom is -0.339 e. The van der Waals surface area contributed by atoms with Gasteiger partial charge < -0.3 is 10.2 Å². The van der Waals surface area contributed by atoms with Gasteiger partial charge in [-0.3, -0.25) is 14.3 Å². The van der Waals surface area contributed by atoms with Gasteiger partial charge in [0, 0.05) is 24.3 Å². The smallest absolute Gasteiger partial charge is 0.262 e. The predicted octanol–water partition coefficient (Wildman–Crippen LogP) is 5.29. The van der Waals surface area contributed by atoms with Crippen molar-refractivity contribution in [1.82, 2.24) is 4.90 Å². The Kier molecular flexibility index (Phi) is 7.45. The second kappa shape index (κ2) is 10.5. The van der Waals surface area contributed by atoms with Crippen molar-refractivity contribution in [2.24, 2.45) is 0 Å². The van der Waals surface area contributed by atoms with Gasteiger partial charge in [-0.25, -0.2) is 8.42 Å². The van der Waals surface area contributed by atoms with Gasteiger partial charge in [0.2, 0.25) is 0 Å². The van der Waals surface area contributed by atoms with Gasteiger partial charge in [0.1, 0.15) is 0 Å². The minimum atomic E-state index is -3.93. The summed E-state index contributed by atoms with van der Waals surface area (Å²) in [6, 6.07) is 16.9. The zero-order chi connectivity index (χ0) is 25.9. The van der Waals surface area contributed by atoms with Gasteiger partial charge in [-0.05, 0) is 93.1 Å². The van der Waals surface area contributed by atoms with E-state index >= 15 is 0 Å². The number of anilines is 2. The number of hydrogen-bond acceptors (Lipinski definition) is 4. The summed E-state index contributed by atoms with van der Waals surface area (Å²) in [5.74, 6) is -0.604. The average Bonchev–Trinajstić information content (AvgIpc) is 2.83. The van der Waals surface area contributed by atoms with Crippen molar-refractivity contribution in [3.05, 3.63) is 88.5 Å². The molecule has 8 heteroatoms. The summed E-state index contributed by atoms with van der Waals surface area (Å²) in [5, 5.41) is 2.81. The Morgan fingerprint density at radius 3 is 2.19 bits per heavy atom. The number of nitrogens with one attached hydrogen (secondary N) is 2. The first kappa shape index (κ1) is 25.4. The molecule has 0 atom stereocenters. The Morgan fingerprint density at radius 2 is 1.50 bits per heavy atom. The van der Waals surface area contributed by atoms with Crippen LogP contribution in [0.3, 0.4) is 0 Å². The van der Waals surface area contributed by atoms with Crippen LogP contribution >= 0.6 is 0 Å². The van der Waals surface area contributed by atoms with E-state index in [-0.39, 0.29) is 16.4 Å². The van der Waals surface area contributed by atoms with Crippen LogP contribution in [0.25, 0.3) is 0 Å². The van der Waals surface area contributed by atoms with Gasteiger partial charge in [-0.2, -0.15) is 0 Å². The molecule has 0 spiro atoms. The zero-order valence-electron chi connectivity index (χ0n) is 20.8. The number of para-hydroxylation sites is 1. The summed E-state index contributed by atoms with van der Waals surface area (Å²) < 4.78 is 29.0. The highest BCUT2D eigenvalue weighted by Gasteiger charge is 2.23. The van der Waals surface area contributed by atoms with Crippen LogP contribution in [0.1, 0.15) is 56.7 Å². The zero-order valence-corrected chi connectivity index (χ0v) is 21.6. The number of aryl methyl sites for hydroxylation is 3. The highest BCUT2D eigenvalue weighted by Crippen LogP contribution is 2.24. The molecule has 0 bridgehead atoms. The lowest BCUT2D eigenvalue weighted by Crippen LogP contribution is -2.36. The van der Waals surface area contributed by atoms with Crippen LogP contribution in [-0.2, 0) is 10.0 Å². The summed E-state index contributed by atoms with van der Waals surface area (Å²) in [4.78, 5) is 28.1. The van der Waals surface area contributed by atoms with E-state index in [1.807, 2.05) is 24.8 Å². The first-order valence-corrected chi connectivity index (χ1v) is 13.5. The molecular formula is C28H31N3O4S. The lowest BCUT2D eigenvalue weighted by molar-refractivity contribution is 0.0725. The molecule has 0 radical (unpaired) electrons. The van der Waals surface area contributed by atoms with Crippen molar-refractivity contribution in [3.8, 4) is 0 Å². The number of carbonyl (C=O) groups is 2. The van der Waals surface area contributed by atoms with Crippen molar-refractivity contribution in [2.45, 2.75) is 44.9 Å². The topological polar surface area (TPSA) is 95.6 Å². The average molecular weight is 506 g/mol. The summed E-state index contributed by atoms with van der Waals surface area (Å²) in [6.07, 6.45) is 3.05. The van der Waals surface area contributed by atoms with Crippen molar-refractivity contribution in [2.75, 3.05) is 23.1 Å². The quantitative estimate of drug-likeness (QED) is 0.476. The number of carbonyl (C=O) groups excluding carboxylic acids is 2. The molecule has 7 nitrogen and oxygen atoms in total. The van der Waals surface area contributed by atoms with E-state index in [0.29, 0.717) is 35.6 Å². The van der Waals surface area contributed by atoms with Crippen molar-refractivity contribution in [1.29, 1.82) is 0 Å². The van der Waals surface area contributed by atoms with Gasteiger partial charge >= 0.3 is 0 Å². The predicted molar refractivity (Wildman–Crippen MR) is 142 cm³/mol. The molecule has 4 rings (SSSR count). The molecule has 0 saturated carbocycles. The molecule has 1 aliphatic rings.